The third kappa shape index (κ3) is 4.94. The van der Waals surface area contributed by atoms with E-state index in [4.69, 9.17) is 5.11 Å². The van der Waals surface area contributed by atoms with Crippen molar-refractivity contribution in [2.75, 3.05) is 11.1 Å². The van der Waals surface area contributed by atoms with Gasteiger partial charge >= 0.3 is 12.0 Å². The second kappa shape index (κ2) is 8.65. The second-order valence-electron chi connectivity index (χ2n) is 7.10. The number of carboxylic acids is 1. The van der Waals surface area contributed by atoms with E-state index in [1.54, 1.807) is 31.2 Å². The van der Waals surface area contributed by atoms with E-state index in [0.29, 0.717) is 22.9 Å². The molecule has 0 saturated carbocycles. The number of hydrogen-bond acceptors (Lipinski definition) is 4. The van der Waals surface area contributed by atoms with Gasteiger partial charge in [-0.2, -0.15) is 11.8 Å². The molecule has 0 spiro atoms. The summed E-state index contributed by atoms with van der Waals surface area (Å²) in [5.74, 6) is -0.623. The molecule has 8 heteroatoms. The first-order valence-corrected chi connectivity index (χ1v) is 10.3. The van der Waals surface area contributed by atoms with Gasteiger partial charge in [-0.1, -0.05) is 18.6 Å². The average molecular weight is 391 g/mol. The molecule has 1 aromatic carbocycles. The predicted molar refractivity (Wildman–Crippen MR) is 105 cm³/mol. The molecule has 0 aromatic heterocycles. The fourth-order valence-electron chi connectivity index (χ4n) is 3.53. The van der Waals surface area contributed by atoms with Crippen LogP contribution in [0.25, 0.3) is 0 Å². The number of unbranched alkanes of at least 4 members (excludes halogenated alkanes) is 1. The molecule has 4 N–H and O–H groups in total. The summed E-state index contributed by atoms with van der Waals surface area (Å²) in [6, 6.07) is 7.34. The molecule has 0 radical (unpaired) electrons. The SMILES string of the molecule is CC(C(=O)O)c1cccc(NC(=O)CCCC[C@@H]2SC[C@@H]3NC(=O)N[C@@H]32)c1. The van der Waals surface area contributed by atoms with Crippen LogP contribution in [0.1, 0.15) is 44.1 Å². The summed E-state index contributed by atoms with van der Waals surface area (Å²) < 4.78 is 0. The Labute approximate surface area is 162 Å². The van der Waals surface area contributed by atoms with Crippen molar-refractivity contribution in [3.8, 4) is 0 Å². The number of hydrogen-bond donors (Lipinski definition) is 4. The molecule has 2 aliphatic heterocycles. The molecule has 1 unspecified atom stereocenters. The molecule has 27 heavy (non-hydrogen) atoms. The van der Waals surface area contributed by atoms with Crippen molar-refractivity contribution in [2.24, 2.45) is 0 Å². The molecule has 2 aliphatic rings. The highest BCUT2D eigenvalue weighted by Gasteiger charge is 2.42. The minimum atomic E-state index is -0.890. The number of aliphatic carboxylic acids is 1. The van der Waals surface area contributed by atoms with Crippen molar-refractivity contribution >= 4 is 35.4 Å². The van der Waals surface area contributed by atoms with Crippen molar-refractivity contribution in [3.05, 3.63) is 29.8 Å². The maximum atomic E-state index is 12.1. The van der Waals surface area contributed by atoms with E-state index in [2.05, 4.69) is 16.0 Å². The zero-order valence-electron chi connectivity index (χ0n) is 15.2. The number of benzene rings is 1. The summed E-state index contributed by atoms with van der Waals surface area (Å²) in [6.45, 7) is 1.62. The molecule has 7 nitrogen and oxygen atoms in total. The Morgan fingerprint density at radius 2 is 2.15 bits per heavy atom. The van der Waals surface area contributed by atoms with Crippen LogP contribution in [0.5, 0.6) is 0 Å². The van der Waals surface area contributed by atoms with E-state index >= 15 is 0 Å². The zero-order valence-corrected chi connectivity index (χ0v) is 16.1. The molecule has 4 atom stereocenters. The summed E-state index contributed by atoms with van der Waals surface area (Å²) in [4.78, 5) is 34.6. The van der Waals surface area contributed by atoms with Gasteiger partial charge in [-0.25, -0.2) is 4.79 Å². The number of carbonyl (C=O) groups excluding carboxylic acids is 2. The van der Waals surface area contributed by atoms with Crippen LogP contribution in [-0.4, -0.2) is 46.1 Å². The van der Waals surface area contributed by atoms with Gasteiger partial charge in [0.15, 0.2) is 0 Å². The summed E-state index contributed by atoms with van der Waals surface area (Å²) in [7, 11) is 0. The highest BCUT2D eigenvalue weighted by atomic mass is 32.2. The number of rotatable bonds is 8. The normalized spacial score (nSPS) is 24.6. The lowest BCUT2D eigenvalue weighted by molar-refractivity contribution is -0.138. The topological polar surface area (TPSA) is 108 Å². The standard InChI is InChI=1S/C19H25N3O4S/c1-11(18(24)25)12-5-4-6-13(9-12)20-16(23)8-3-2-7-15-17-14(10-27-15)21-19(26)22-17/h4-6,9,11,14-15,17H,2-3,7-8,10H2,1H3,(H,20,23)(H,24,25)(H2,21,22,26)/t11?,14-,15-,17-/m0/s1. The number of urea groups is 1. The molecular weight excluding hydrogens is 366 g/mol. The highest BCUT2D eigenvalue weighted by Crippen LogP contribution is 2.33. The van der Waals surface area contributed by atoms with Crippen molar-refractivity contribution in [1.29, 1.82) is 0 Å². The van der Waals surface area contributed by atoms with Gasteiger partial charge in [0.1, 0.15) is 0 Å². The molecule has 146 valence electrons. The lowest BCUT2D eigenvalue weighted by Crippen LogP contribution is -2.36. The van der Waals surface area contributed by atoms with Crippen LogP contribution < -0.4 is 16.0 Å². The number of carbonyl (C=O) groups is 3. The molecule has 0 aliphatic carbocycles. The molecule has 2 heterocycles. The minimum Gasteiger partial charge on any atom is -0.481 e. The quantitative estimate of drug-likeness (QED) is 0.402. The van der Waals surface area contributed by atoms with Crippen LogP contribution >= 0.6 is 11.8 Å². The van der Waals surface area contributed by atoms with Gasteiger partial charge in [0.2, 0.25) is 5.91 Å². The molecule has 1 aromatic rings. The van der Waals surface area contributed by atoms with Gasteiger partial charge in [-0.3, -0.25) is 9.59 Å². The number of carboxylic acid groups (broad SMARTS) is 1. The number of nitrogens with one attached hydrogen (secondary N) is 3. The predicted octanol–water partition coefficient (Wildman–Crippen LogP) is 2.54. The Balaban J connectivity index is 1.39. The Morgan fingerprint density at radius 1 is 1.33 bits per heavy atom. The Bertz CT molecular complexity index is 727. The van der Waals surface area contributed by atoms with Gasteiger partial charge in [-0.15, -0.1) is 0 Å². The van der Waals surface area contributed by atoms with Gasteiger partial charge in [0, 0.05) is 23.1 Å². The van der Waals surface area contributed by atoms with Gasteiger partial charge in [0.25, 0.3) is 0 Å². The van der Waals surface area contributed by atoms with Gasteiger partial charge < -0.3 is 21.1 Å². The summed E-state index contributed by atoms with van der Waals surface area (Å²) in [5.41, 5.74) is 1.29. The van der Waals surface area contributed by atoms with E-state index in [1.165, 1.54) is 0 Å². The van der Waals surface area contributed by atoms with Crippen molar-refractivity contribution in [2.45, 2.75) is 55.9 Å². The van der Waals surface area contributed by atoms with Crippen LogP contribution in [0.15, 0.2) is 24.3 Å². The summed E-state index contributed by atoms with van der Waals surface area (Å²) in [6.07, 6.45) is 3.12. The molecule has 3 rings (SSSR count). The van der Waals surface area contributed by atoms with Crippen LogP contribution in [0.2, 0.25) is 0 Å². The van der Waals surface area contributed by atoms with Crippen LogP contribution in [0, 0.1) is 0 Å². The van der Waals surface area contributed by atoms with Crippen molar-refractivity contribution in [3.63, 3.8) is 0 Å². The number of amides is 3. The highest BCUT2D eigenvalue weighted by molar-refractivity contribution is 8.00. The lowest BCUT2D eigenvalue weighted by atomic mass is 10.0. The Kier molecular flexibility index (Phi) is 6.26. The average Bonchev–Trinajstić information content (AvgIpc) is 3.17. The second-order valence-corrected chi connectivity index (χ2v) is 8.37. The molecule has 0 bridgehead atoms. The number of anilines is 1. The molecule has 2 saturated heterocycles. The van der Waals surface area contributed by atoms with E-state index in [-0.39, 0.29) is 24.0 Å². The first kappa shape index (κ1) is 19.5. The van der Waals surface area contributed by atoms with Crippen LogP contribution in [0.3, 0.4) is 0 Å². The van der Waals surface area contributed by atoms with E-state index in [0.717, 1.165) is 25.0 Å². The smallest absolute Gasteiger partial charge is 0.315 e. The maximum absolute atomic E-state index is 12.1. The minimum absolute atomic E-state index is 0.0667. The third-order valence-corrected chi connectivity index (χ3v) is 6.63. The number of fused-ring (bicyclic) bond motifs is 1. The Hall–Kier alpha value is -2.22. The van der Waals surface area contributed by atoms with Crippen LogP contribution in [-0.2, 0) is 9.59 Å². The number of thioether (sulfide) groups is 1. The largest absolute Gasteiger partial charge is 0.481 e. The van der Waals surface area contributed by atoms with E-state index in [1.807, 2.05) is 11.8 Å². The van der Waals surface area contributed by atoms with Gasteiger partial charge in [0.05, 0.1) is 18.0 Å². The fraction of sp³-hybridized carbons (Fsp3) is 0.526. The van der Waals surface area contributed by atoms with E-state index in [9.17, 15) is 14.4 Å². The zero-order chi connectivity index (χ0) is 19.4. The van der Waals surface area contributed by atoms with Crippen LogP contribution in [0.4, 0.5) is 10.5 Å². The lowest BCUT2D eigenvalue weighted by Gasteiger charge is -2.16. The first-order valence-electron chi connectivity index (χ1n) is 9.25. The maximum Gasteiger partial charge on any atom is 0.315 e. The monoisotopic (exact) mass is 391 g/mol. The summed E-state index contributed by atoms with van der Waals surface area (Å²) >= 11 is 1.88. The van der Waals surface area contributed by atoms with E-state index < -0.39 is 11.9 Å². The first-order chi connectivity index (χ1) is 12.9. The van der Waals surface area contributed by atoms with Gasteiger partial charge in [-0.05, 0) is 37.5 Å². The fourth-order valence-corrected chi connectivity index (χ4v) is 5.07. The summed E-state index contributed by atoms with van der Waals surface area (Å²) in [5, 5.41) is 18.3. The molecular formula is C19H25N3O4S. The van der Waals surface area contributed by atoms with Crippen molar-refractivity contribution < 1.29 is 19.5 Å². The molecule has 3 amide bonds. The van der Waals surface area contributed by atoms with Crippen molar-refractivity contribution in [1.82, 2.24) is 10.6 Å². The Morgan fingerprint density at radius 3 is 2.93 bits per heavy atom. The molecule has 2 fully saturated rings. The third-order valence-electron chi connectivity index (χ3n) is 5.12.